The molecule has 0 fully saturated rings. The first-order valence-electron chi connectivity index (χ1n) is 8.36. The Morgan fingerprint density at radius 1 is 1.00 bits per heavy atom. The molecule has 1 heterocycles. The minimum atomic E-state index is 0.476. The highest BCUT2D eigenvalue weighted by atomic mass is 32.1. The molecular formula is C18H27NS. The fraction of sp³-hybridized carbons (Fsp3) is 0.667. The number of rotatable bonds is 3. The van der Waals surface area contributed by atoms with E-state index in [1.807, 2.05) is 0 Å². The van der Waals surface area contributed by atoms with Crippen LogP contribution in [0.2, 0.25) is 0 Å². The lowest BCUT2D eigenvalue weighted by Gasteiger charge is -2.20. The SMILES string of the molecule is CNC(C1=CCCCCCC1)c1cc2c(s1)CCCC2. The van der Waals surface area contributed by atoms with E-state index in [2.05, 4.69) is 35.8 Å². The van der Waals surface area contributed by atoms with Gasteiger partial charge in [0.15, 0.2) is 0 Å². The molecule has 2 aliphatic rings. The second kappa shape index (κ2) is 6.91. The fourth-order valence-electron chi connectivity index (χ4n) is 3.65. The number of hydrogen-bond acceptors (Lipinski definition) is 2. The molecule has 1 unspecified atom stereocenters. The zero-order valence-corrected chi connectivity index (χ0v) is 13.5. The average Bonchev–Trinajstić information content (AvgIpc) is 2.85. The molecule has 2 aliphatic carbocycles. The third-order valence-corrected chi connectivity index (χ3v) is 6.09. The van der Waals surface area contributed by atoms with Crippen LogP contribution < -0.4 is 5.32 Å². The third kappa shape index (κ3) is 3.17. The molecule has 110 valence electrons. The lowest BCUT2D eigenvalue weighted by atomic mass is 9.93. The Hall–Kier alpha value is -0.600. The van der Waals surface area contributed by atoms with E-state index in [9.17, 15) is 0 Å². The van der Waals surface area contributed by atoms with Crippen molar-refractivity contribution >= 4 is 11.3 Å². The summed E-state index contributed by atoms with van der Waals surface area (Å²) in [7, 11) is 2.13. The van der Waals surface area contributed by atoms with Crippen LogP contribution in [-0.2, 0) is 12.8 Å². The third-order valence-electron chi connectivity index (χ3n) is 4.79. The summed E-state index contributed by atoms with van der Waals surface area (Å²) in [5.74, 6) is 0. The monoisotopic (exact) mass is 289 g/mol. The van der Waals surface area contributed by atoms with Gasteiger partial charge in [-0.1, -0.05) is 24.5 Å². The van der Waals surface area contributed by atoms with E-state index in [1.165, 1.54) is 64.2 Å². The maximum Gasteiger partial charge on any atom is 0.0628 e. The first-order chi connectivity index (χ1) is 9.88. The largest absolute Gasteiger partial charge is 0.309 e. The minimum absolute atomic E-state index is 0.476. The van der Waals surface area contributed by atoms with E-state index in [0.717, 1.165) is 0 Å². The van der Waals surface area contributed by atoms with E-state index in [1.54, 1.807) is 20.9 Å². The van der Waals surface area contributed by atoms with E-state index in [4.69, 9.17) is 0 Å². The molecule has 3 rings (SSSR count). The molecule has 0 saturated heterocycles. The van der Waals surface area contributed by atoms with Crippen molar-refractivity contribution in [1.29, 1.82) is 0 Å². The number of thiophene rings is 1. The highest BCUT2D eigenvalue weighted by molar-refractivity contribution is 7.12. The fourth-order valence-corrected chi connectivity index (χ4v) is 5.06. The summed E-state index contributed by atoms with van der Waals surface area (Å²) in [6.45, 7) is 0. The van der Waals surface area contributed by atoms with Crippen LogP contribution in [0.4, 0.5) is 0 Å². The van der Waals surface area contributed by atoms with Gasteiger partial charge in [-0.25, -0.2) is 0 Å². The summed E-state index contributed by atoms with van der Waals surface area (Å²) in [6.07, 6.45) is 16.1. The highest BCUT2D eigenvalue weighted by Gasteiger charge is 2.21. The van der Waals surface area contributed by atoms with Gasteiger partial charge in [-0.3, -0.25) is 0 Å². The summed E-state index contributed by atoms with van der Waals surface area (Å²) in [4.78, 5) is 3.23. The van der Waals surface area contributed by atoms with Gasteiger partial charge in [0.1, 0.15) is 0 Å². The first kappa shape index (κ1) is 14.3. The Balaban J connectivity index is 1.82. The molecule has 0 saturated carbocycles. The van der Waals surface area contributed by atoms with Crippen LogP contribution in [0, 0.1) is 0 Å². The first-order valence-corrected chi connectivity index (χ1v) is 9.18. The van der Waals surface area contributed by atoms with Crippen LogP contribution in [0.15, 0.2) is 17.7 Å². The molecular weight excluding hydrogens is 262 g/mol. The number of fused-ring (bicyclic) bond motifs is 1. The second-order valence-corrected chi connectivity index (χ2v) is 7.43. The molecule has 0 aliphatic heterocycles. The normalized spacial score (nSPS) is 21.6. The Labute approximate surface area is 127 Å². The number of likely N-dealkylation sites (N-methyl/N-ethyl adjacent to an activating group) is 1. The van der Waals surface area contributed by atoms with Crippen molar-refractivity contribution in [3.05, 3.63) is 33.0 Å². The quantitative estimate of drug-likeness (QED) is 0.757. The topological polar surface area (TPSA) is 12.0 Å². The van der Waals surface area contributed by atoms with E-state index in [0.29, 0.717) is 6.04 Å². The zero-order chi connectivity index (χ0) is 13.8. The van der Waals surface area contributed by atoms with Gasteiger partial charge in [-0.15, -0.1) is 11.3 Å². The van der Waals surface area contributed by atoms with Gasteiger partial charge in [0, 0.05) is 9.75 Å². The molecule has 0 radical (unpaired) electrons. The van der Waals surface area contributed by atoms with Crippen molar-refractivity contribution in [1.82, 2.24) is 5.32 Å². The summed E-state index contributed by atoms with van der Waals surface area (Å²) < 4.78 is 0. The van der Waals surface area contributed by atoms with Gasteiger partial charge in [0.2, 0.25) is 0 Å². The Kier molecular flexibility index (Phi) is 4.95. The van der Waals surface area contributed by atoms with E-state index in [-0.39, 0.29) is 0 Å². The molecule has 1 N–H and O–H groups in total. The number of hydrogen-bond donors (Lipinski definition) is 1. The highest BCUT2D eigenvalue weighted by Crippen LogP contribution is 2.37. The molecule has 1 atom stereocenters. The van der Waals surface area contributed by atoms with Crippen molar-refractivity contribution < 1.29 is 0 Å². The average molecular weight is 289 g/mol. The molecule has 0 aromatic carbocycles. The summed E-state index contributed by atoms with van der Waals surface area (Å²) in [5, 5.41) is 3.59. The van der Waals surface area contributed by atoms with Gasteiger partial charge >= 0.3 is 0 Å². The van der Waals surface area contributed by atoms with Crippen molar-refractivity contribution in [3.8, 4) is 0 Å². The molecule has 2 heteroatoms. The molecule has 1 nitrogen and oxygen atoms in total. The molecule has 20 heavy (non-hydrogen) atoms. The lowest BCUT2D eigenvalue weighted by molar-refractivity contribution is 0.577. The Morgan fingerprint density at radius 3 is 2.65 bits per heavy atom. The smallest absolute Gasteiger partial charge is 0.0628 e. The second-order valence-electron chi connectivity index (χ2n) is 6.26. The summed E-state index contributed by atoms with van der Waals surface area (Å²) in [5.41, 5.74) is 3.29. The predicted octanol–water partition coefficient (Wildman–Crippen LogP) is 5.17. The molecule has 0 spiro atoms. The molecule has 0 bridgehead atoms. The van der Waals surface area contributed by atoms with Crippen molar-refractivity contribution in [2.75, 3.05) is 7.05 Å². The van der Waals surface area contributed by atoms with Crippen molar-refractivity contribution in [2.45, 2.75) is 70.3 Å². The van der Waals surface area contributed by atoms with Crippen LogP contribution in [0.1, 0.15) is 72.7 Å². The maximum absolute atomic E-state index is 3.59. The number of allylic oxidation sites excluding steroid dienone is 1. The molecule has 1 aromatic heterocycles. The van der Waals surface area contributed by atoms with E-state index < -0.39 is 0 Å². The Bertz CT molecular complexity index is 448. The summed E-state index contributed by atoms with van der Waals surface area (Å²) >= 11 is 2.07. The van der Waals surface area contributed by atoms with E-state index >= 15 is 0 Å². The van der Waals surface area contributed by atoms with Gasteiger partial charge < -0.3 is 5.32 Å². The predicted molar refractivity (Wildman–Crippen MR) is 88.5 cm³/mol. The van der Waals surface area contributed by atoms with Gasteiger partial charge in [-0.2, -0.15) is 0 Å². The van der Waals surface area contributed by atoms with Crippen molar-refractivity contribution in [2.24, 2.45) is 0 Å². The van der Waals surface area contributed by atoms with Crippen LogP contribution in [-0.4, -0.2) is 7.05 Å². The standard InChI is InChI=1S/C18H27NS/c1-19-18(14-9-5-3-2-4-6-10-14)17-13-15-11-7-8-12-16(15)20-17/h9,13,18-19H,2-8,10-12H2,1H3. The van der Waals surface area contributed by atoms with Gasteiger partial charge in [0.25, 0.3) is 0 Å². The maximum atomic E-state index is 3.59. The van der Waals surface area contributed by atoms with Crippen LogP contribution in [0.3, 0.4) is 0 Å². The van der Waals surface area contributed by atoms with Crippen molar-refractivity contribution in [3.63, 3.8) is 0 Å². The number of nitrogens with one attached hydrogen (secondary N) is 1. The van der Waals surface area contributed by atoms with Gasteiger partial charge in [-0.05, 0) is 70.0 Å². The van der Waals surface area contributed by atoms with Crippen LogP contribution in [0.25, 0.3) is 0 Å². The van der Waals surface area contributed by atoms with Crippen LogP contribution >= 0.6 is 11.3 Å². The van der Waals surface area contributed by atoms with Gasteiger partial charge in [0.05, 0.1) is 6.04 Å². The molecule has 1 aromatic rings. The lowest BCUT2D eigenvalue weighted by Crippen LogP contribution is -2.18. The van der Waals surface area contributed by atoms with Crippen LogP contribution in [0.5, 0.6) is 0 Å². The molecule has 0 amide bonds. The zero-order valence-electron chi connectivity index (χ0n) is 12.7. The minimum Gasteiger partial charge on any atom is -0.309 e. The Morgan fingerprint density at radius 2 is 1.80 bits per heavy atom. The summed E-state index contributed by atoms with van der Waals surface area (Å²) in [6, 6.07) is 2.98. The number of aryl methyl sites for hydroxylation is 2.